The van der Waals surface area contributed by atoms with Crippen LogP contribution in [0, 0.1) is 17.8 Å². The zero-order chi connectivity index (χ0) is 17.7. The molecule has 1 aliphatic rings. The molecule has 138 valence electrons. The molecular formula is C17H32IO5-. The fraction of sp³-hybridized carbons (Fsp3) is 0.941. The van der Waals surface area contributed by atoms with Gasteiger partial charge in [-0.1, -0.05) is 0 Å². The zero-order valence-electron chi connectivity index (χ0n) is 14.8. The average Bonchev–Trinajstić information content (AvgIpc) is 2.46. The molecule has 1 saturated heterocycles. The van der Waals surface area contributed by atoms with Crippen molar-refractivity contribution in [3.8, 4) is 0 Å². The molecule has 1 fully saturated rings. The van der Waals surface area contributed by atoms with Gasteiger partial charge in [-0.15, -0.1) is 0 Å². The van der Waals surface area contributed by atoms with Gasteiger partial charge in [0.05, 0.1) is 0 Å². The number of halogens is 1. The van der Waals surface area contributed by atoms with Crippen LogP contribution in [-0.4, -0.2) is 61.0 Å². The number of Topliss-reactive ketones (excluding diaryl/α,β-unsaturated/α-hetero) is 1. The van der Waals surface area contributed by atoms with Crippen molar-refractivity contribution in [2.45, 2.75) is 68.9 Å². The Morgan fingerprint density at radius 1 is 1.35 bits per heavy atom. The van der Waals surface area contributed by atoms with Gasteiger partial charge in [-0.05, 0) is 0 Å². The van der Waals surface area contributed by atoms with Gasteiger partial charge in [-0.2, -0.15) is 0 Å². The van der Waals surface area contributed by atoms with Crippen molar-refractivity contribution in [2.24, 2.45) is 17.8 Å². The van der Waals surface area contributed by atoms with Crippen LogP contribution in [0.25, 0.3) is 0 Å². The molecular weight excluding hydrogens is 411 g/mol. The molecule has 0 amide bonds. The van der Waals surface area contributed by atoms with Gasteiger partial charge in [0.2, 0.25) is 0 Å². The van der Waals surface area contributed by atoms with E-state index in [1.54, 1.807) is 6.92 Å². The first-order chi connectivity index (χ1) is 10.7. The van der Waals surface area contributed by atoms with Crippen LogP contribution in [0.15, 0.2) is 0 Å². The van der Waals surface area contributed by atoms with Crippen LogP contribution < -0.4 is 21.2 Å². The molecule has 8 atom stereocenters. The summed E-state index contributed by atoms with van der Waals surface area (Å²) in [6.45, 7) is 7.56. The minimum absolute atomic E-state index is 0.00486. The quantitative estimate of drug-likeness (QED) is 0.294. The first-order valence-corrected chi connectivity index (χ1v) is 11.7. The van der Waals surface area contributed by atoms with Gasteiger partial charge in [0.25, 0.3) is 0 Å². The van der Waals surface area contributed by atoms with Crippen LogP contribution in [0.5, 0.6) is 0 Å². The number of alkyl halides is 2. The number of hydrogen-bond donors (Lipinski definition) is 3. The van der Waals surface area contributed by atoms with E-state index in [4.69, 9.17) is 4.74 Å². The van der Waals surface area contributed by atoms with Gasteiger partial charge in [-0.25, -0.2) is 0 Å². The predicted octanol–water partition coefficient (Wildman–Crippen LogP) is -2.17. The number of aliphatic hydroxyl groups excluding tert-OH is 3. The van der Waals surface area contributed by atoms with E-state index in [2.05, 4.69) is 4.93 Å². The van der Waals surface area contributed by atoms with E-state index in [-0.39, 0.29) is 54.8 Å². The molecule has 0 aromatic rings. The average molecular weight is 443 g/mol. The van der Waals surface area contributed by atoms with E-state index in [1.165, 1.54) is 6.92 Å². The Labute approximate surface area is 150 Å². The van der Waals surface area contributed by atoms with Crippen molar-refractivity contribution in [1.29, 1.82) is 0 Å². The van der Waals surface area contributed by atoms with Crippen molar-refractivity contribution in [3.63, 3.8) is 0 Å². The molecule has 0 aromatic carbocycles. The number of aliphatic hydroxyl groups is 3. The molecule has 0 aromatic heterocycles. The Morgan fingerprint density at radius 3 is 2.43 bits per heavy atom. The fourth-order valence-corrected chi connectivity index (χ4v) is 6.09. The summed E-state index contributed by atoms with van der Waals surface area (Å²) in [6, 6.07) is 0. The first kappa shape index (κ1) is 21.3. The third kappa shape index (κ3) is 5.92. The maximum absolute atomic E-state index is 11.3. The van der Waals surface area contributed by atoms with Crippen molar-refractivity contribution >= 4 is 5.78 Å². The third-order valence-electron chi connectivity index (χ3n) is 4.99. The Kier molecular flexibility index (Phi) is 8.93. The Morgan fingerprint density at radius 2 is 1.96 bits per heavy atom. The second kappa shape index (κ2) is 9.65. The van der Waals surface area contributed by atoms with E-state index in [9.17, 15) is 20.1 Å². The molecule has 5 nitrogen and oxygen atoms in total. The molecule has 1 heterocycles. The molecule has 23 heavy (non-hydrogen) atoms. The second-order valence-corrected chi connectivity index (χ2v) is 9.64. The fourth-order valence-electron chi connectivity index (χ4n) is 3.44. The van der Waals surface area contributed by atoms with Gasteiger partial charge >= 0.3 is 150 Å². The minimum atomic E-state index is -0.573. The van der Waals surface area contributed by atoms with E-state index in [0.29, 0.717) is 19.4 Å². The van der Waals surface area contributed by atoms with Crippen LogP contribution in [0.1, 0.15) is 40.5 Å². The second-order valence-electron chi connectivity index (χ2n) is 6.95. The Balaban J connectivity index is 2.62. The summed E-state index contributed by atoms with van der Waals surface area (Å²) >= 11 is -0.177. The summed E-state index contributed by atoms with van der Waals surface area (Å²) in [5.41, 5.74) is 0. The molecule has 0 saturated carbocycles. The van der Waals surface area contributed by atoms with Gasteiger partial charge in [0.1, 0.15) is 0 Å². The molecule has 0 aliphatic carbocycles. The van der Waals surface area contributed by atoms with Gasteiger partial charge in [0, 0.05) is 0 Å². The third-order valence-corrected chi connectivity index (χ3v) is 8.60. The predicted molar refractivity (Wildman–Crippen MR) is 84.9 cm³/mol. The van der Waals surface area contributed by atoms with Crippen molar-refractivity contribution in [3.05, 3.63) is 0 Å². The summed E-state index contributed by atoms with van der Waals surface area (Å²) in [4.78, 5) is 13.4. The maximum atomic E-state index is 11.3. The molecule has 0 spiro atoms. The zero-order valence-corrected chi connectivity index (χ0v) is 16.9. The van der Waals surface area contributed by atoms with Crippen LogP contribution in [0.2, 0.25) is 0 Å². The van der Waals surface area contributed by atoms with E-state index in [1.807, 2.05) is 13.8 Å². The molecule has 6 heteroatoms. The molecule has 1 aliphatic heterocycles. The van der Waals surface area contributed by atoms with Crippen LogP contribution in [-0.2, 0) is 9.53 Å². The van der Waals surface area contributed by atoms with Crippen molar-refractivity contribution in [1.82, 2.24) is 0 Å². The molecule has 1 rings (SSSR count). The monoisotopic (exact) mass is 443 g/mol. The molecule has 0 bridgehead atoms. The van der Waals surface area contributed by atoms with Crippen LogP contribution >= 0.6 is 0 Å². The summed E-state index contributed by atoms with van der Waals surface area (Å²) in [5.74, 6) is -0.181. The van der Waals surface area contributed by atoms with Crippen LogP contribution in [0.3, 0.4) is 0 Å². The Bertz CT molecular complexity index is 376. The standard InChI is InChI=1S/C17H32IO5/c1-9(19)6-15-11(3)17(22)13(8-23-15)7-14(21)10(2)16(18-5)12(4)20/h10-17,20-22H,6-8H2,1-5H3/q-1/t10-,11+,12+,13?,14+,15?,16?,17+/m1/s1. The van der Waals surface area contributed by atoms with Crippen molar-refractivity contribution in [2.75, 3.05) is 11.5 Å². The summed E-state index contributed by atoms with van der Waals surface area (Å²) in [5, 5.41) is 30.9. The van der Waals surface area contributed by atoms with Gasteiger partial charge in [0.15, 0.2) is 0 Å². The summed E-state index contributed by atoms with van der Waals surface area (Å²) in [6.07, 6.45) is -0.991. The SMILES string of the molecule is C[I-]C([C@H](C)O)[C@H](C)[C@@H](O)CC1COC(CC(C)=O)[C@H](C)[C@@H]1O. The molecule has 3 N–H and O–H groups in total. The Hall–Kier alpha value is 0.240. The number of hydrogen-bond acceptors (Lipinski definition) is 5. The number of ether oxygens (including phenoxy) is 1. The normalized spacial score (nSPS) is 33.9. The number of carbonyl (C=O) groups excluding carboxylic acids is 1. The van der Waals surface area contributed by atoms with E-state index < -0.39 is 18.3 Å². The number of ketones is 1. The number of carbonyl (C=O) groups is 1. The van der Waals surface area contributed by atoms with Gasteiger partial charge < -0.3 is 0 Å². The first-order valence-electron chi connectivity index (χ1n) is 8.32. The summed E-state index contributed by atoms with van der Waals surface area (Å²) in [7, 11) is 0. The number of rotatable bonds is 8. The molecule has 0 radical (unpaired) electrons. The van der Waals surface area contributed by atoms with Gasteiger partial charge in [-0.3, -0.25) is 0 Å². The summed E-state index contributed by atoms with van der Waals surface area (Å²) < 4.78 is 5.91. The molecule has 3 unspecified atom stereocenters. The van der Waals surface area contributed by atoms with E-state index >= 15 is 0 Å². The van der Waals surface area contributed by atoms with Crippen molar-refractivity contribution < 1.29 is 46.1 Å². The topological polar surface area (TPSA) is 87.0 Å². The van der Waals surface area contributed by atoms with E-state index in [0.717, 1.165) is 0 Å². The van der Waals surface area contributed by atoms with Crippen LogP contribution in [0.4, 0.5) is 0 Å².